The molecule has 0 bridgehead atoms. The molecule has 1 unspecified atom stereocenters. The maximum atomic E-state index is 13.3. The molecule has 4 heterocycles. The average molecular weight is 470 g/mol. The molecule has 1 atom stereocenters. The van der Waals surface area contributed by atoms with Crippen molar-refractivity contribution in [3.05, 3.63) is 72.6 Å². The molecular weight excluding hydrogens is 456 g/mol. The lowest BCUT2D eigenvalue weighted by molar-refractivity contribution is 0.173. The molecule has 2 N–H and O–H groups in total. The van der Waals surface area contributed by atoms with Crippen LogP contribution < -0.4 is 39.4 Å². The first kappa shape index (κ1) is 20.0. The van der Waals surface area contributed by atoms with Crippen LogP contribution in [0.2, 0.25) is 0 Å². The molecule has 34 heavy (non-hydrogen) atoms. The summed E-state index contributed by atoms with van der Waals surface area (Å²) in [5, 5.41) is 20.0. The minimum absolute atomic E-state index is 0.00533. The van der Waals surface area contributed by atoms with Gasteiger partial charge in [0.15, 0.2) is 23.0 Å². The van der Waals surface area contributed by atoms with Crippen molar-refractivity contribution in [1.29, 1.82) is 10.5 Å². The molecule has 0 saturated carbocycles. The Labute approximate surface area is 196 Å². The molecule has 0 spiro atoms. The molecule has 0 amide bonds. The van der Waals surface area contributed by atoms with Crippen molar-refractivity contribution >= 4 is 28.8 Å². The lowest BCUT2D eigenvalue weighted by atomic mass is 9.84. The van der Waals surface area contributed by atoms with E-state index in [2.05, 4.69) is 12.1 Å². The minimum atomic E-state index is -0.735. The van der Waals surface area contributed by atoms with E-state index in [0.717, 1.165) is 16.9 Å². The van der Waals surface area contributed by atoms with Crippen LogP contribution in [0, 0.1) is 22.7 Å². The zero-order valence-corrected chi connectivity index (χ0v) is 18.2. The monoisotopic (exact) mass is 470 g/mol. The number of nitrogens with zero attached hydrogens (tertiary/aromatic N) is 3. The van der Waals surface area contributed by atoms with E-state index in [4.69, 9.17) is 24.7 Å². The van der Waals surface area contributed by atoms with E-state index in [0.29, 0.717) is 37.8 Å². The van der Waals surface area contributed by atoms with E-state index < -0.39 is 11.5 Å². The molecule has 10 heteroatoms. The molecule has 0 aliphatic carbocycles. The number of hydrogen-bond donors (Lipinski definition) is 1. The standard InChI is InChI=1S/C24H14N4O5S/c25-8-14-21(13-2-4-17-19(7-13)33-11-31-17)15(9-26)24-28(22(14)27)23(29)20(34-24)6-12-1-3-16-18(5-12)32-10-30-16/h1-7,21H,10-11,27H2/b20-6+. The molecule has 3 aliphatic rings. The molecule has 6 rings (SSSR count). The summed E-state index contributed by atoms with van der Waals surface area (Å²) >= 11 is 1.15. The SMILES string of the molecule is N#CC1=C(N)n2c(s/c(=C/c3ccc4c(c3)OCO4)c2=O)=C(C#N)C1c1ccc2c(c1)OCO2. The Balaban J connectivity index is 1.58. The molecular formula is C24H14N4O5S. The van der Waals surface area contributed by atoms with Crippen LogP contribution in [0.15, 0.2) is 46.8 Å². The van der Waals surface area contributed by atoms with E-state index in [1.165, 1.54) is 4.57 Å². The van der Waals surface area contributed by atoms with Gasteiger partial charge in [-0.3, -0.25) is 9.36 Å². The molecule has 166 valence electrons. The summed E-state index contributed by atoms with van der Waals surface area (Å²) in [4.78, 5) is 13.3. The topological polar surface area (TPSA) is 133 Å². The van der Waals surface area contributed by atoms with E-state index >= 15 is 0 Å². The van der Waals surface area contributed by atoms with Gasteiger partial charge < -0.3 is 24.7 Å². The summed E-state index contributed by atoms with van der Waals surface area (Å²) in [6.45, 7) is 0.250. The summed E-state index contributed by atoms with van der Waals surface area (Å²) in [5.41, 5.74) is 7.70. The number of ether oxygens (including phenoxy) is 4. The van der Waals surface area contributed by atoms with Crippen LogP contribution in [0.1, 0.15) is 17.0 Å². The van der Waals surface area contributed by atoms with Crippen LogP contribution in [0.3, 0.4) is 0 Å². The summed E-state index contributed by atoms with van der Waals surface area (Å²) < 4.78 is 23.6. The number of benzene rings is 2. The molecule has 0 fully saturated rings. The van der Waals surface area contributed by atoms with Gasteiger partial charge in [0.05, 0.1) is 33.7 Å². The van der Waals surface area contributed by atoms with Gasteiger partial charge in [0.2, 0.25) is 13.6 Å². The predicted molar refractivity (Wildman–Crippen MR) is 121 cm³/mol. The van der Waals surface area contributed by atoms with Gasteiger partial charge in [0.1, 0.15) is 10.5 Å². The molecule has 3 aromatic rings. The van der Waals surface area contributed by atoms with E-state index in [-0.39, 0.29) is 30.6 Å². The number of nitriles is 2. The fourth-order valence-electron chi connectivity index (χ4n) is 4.23. The lowest BCUT2D eigenvalue weighted by Gasteiger charge is -2.22. The normalized spacial score (nSPS) is 18.0. The van der Waals surface area contributed by atoms with Crippen LogP contribution in [-0.2, 0) is 0 Å². The number of aromatic nitrogens is 1. The largest absolute Gasteiger partial charge is 0.454 e. The molecule has 0 saturated heterocycles. The minimum Gasteiger partial charge on any atom is -0.454 e. The zero-order valence-electron chi connectivity index (χ0n) is 17.4. The van der Waals surface area contributed by atoms with Crippen LogP contribution in [0.5, 0.6) is 23.0 Å². The molecule has 2 aromatic carbocycles. The Morgan fingerprint density at radius 3 is 2.29 bits per heavy atom. The van der Waals surface area contributed by atoms with Crippen molar-refractivity contribution in [2.24, 2.45) is 5.73 Å². The number of hydrogen-bond acceptors (Lipinski definition) is 9. The quantitative estimate of drug-likeness (QED) is 0.593. The van der Waals surface area contributed by atoms with E-state index in [9.17, 15) is 15.3 Å². The maximum Gasteiger partial charge on any atom is 0.274 e. The van der Waals surface area contributed by atoms with Crippen molar-refractivity contribution in [3.8, 4) is 35.1 Å². The first-order valence-electron chi connectivity index (χ1n) is 10.2. The number of allylic oxidation sites excluding steroid dienone is 1. The van der Waals surface area contributed by atoms with Gasteiger partial charge in [-0.15, -0.1) is 11.3 Å². The Hall–Kier alpha value is -4.67. The summed E-state index contributed by atoms with van der Waals surface area (Å²) in [6.07, 6.45) is 1.70. The van der Waals surface area contributed by atoms with Gasteiger partial charge in [-0.1, -0.05) is 12.1 Å². The highest BCUT2D eigenvalue weighted by Gasteiger charge is 2.33. The van der Waals surface area contributed by atoms with Crippen LogP contribution >= 0.6 is 11.3 Å². The third-order valence-electron chi connectivity index (χ3n) is 5.81. The second kappa shape index (κ2) is 7.44. The van der Waals surface area contributed by atoms with E-state index in [1.54, 1.807) is 42.5 Å². The van der Waals surface area contributed by atoms with Crippen LogP contribution in [-0.4, -0.2) is 18.2 Å². The molecule has 1 aromatic heterocycles. The van der Waals surface area contributed by atoms with Crippen molar-refractivity contribution in [2.45, 2.75) is 5.92 Å². The molecule has 0 radical (unpaired) electrons. The summed E-state index contributed by atoms with van der Waals surface area (Å²) in [6, 6.07) is 14.9. The summed E-state index contributed by atoms with van der Waals surface area (Å²) in [5.74, 6) is 1.61. The van der Waals surface area contributed by atoms with Gasteiger partial charge in [-0.25, -0.2) is 0 Å². The summed E-state index contributed by atoms with van der Waals surface area (Å²) in [7, 11) is 0. The fourth-order valence-corrected chi connectivity index (χ4v) is 5.36. The Morgan fingerprint density at radius 1 is 0.941 bits per heavy atom. The highest BCUT2D eigenvalue weighted by molar-refractivity contribution is 7.07. The first-order chi connectivity index (χ1) is 16.6. The molecule has 3 aliphatic heterocycles. The number of nitrogens with two attached hydrogens (primary N) is 1. The smallest absolute Gasteiger partial charge is 0.274 e. The Bertz CT molecular complexity index is 1690. The third kappa shape index (κ3) is 2.86. The van der Waals surface area contributed by atoms with Crippen molar-refractivity contribution in [3.63, 3.8) is 0 Å². The van der Waals surface area contributed by atoms with Gasteiger partial charge in [0.25, 0.3) is 5.56 Å². The number of thiazole rings is 1. The average Bonchev–Trinajstić information content (AvgIpc) is 3.57. The van der Waals surface area contributed by atoms with Gasteiger partial charge in [-0.2, -0.15) is 10.5 Å². The fraction of sp³-hybridized carbons (Fsp3) is 0.125. The number of rotatable bonds is 2. The lowest BCUT2D eigenvalue weighted by Crippen LogP contribution is -2.38. The van der Waals surface area contributed by atoms with Crippen molar-refractivity contribution < 1.29 is 18.9 Å². The Kier molecular flexibility index (Phi) is 4.37. The van der Waals surface area contributed by atoms with Crippen LogP contribution in [0.4, 0.5) is 0 Å². The van der Waals surface area contributed by atoms with Gasteiger partial charge in [0, 0.05) is 0 Å². The van der Waals surface area contributed by atoms with Gasteiger partial charge in [-0.05, 0) is 41.5 Å². The van der Waals surface area contributed by atoms with E-state index in [1.807, 2.05) is 0 Å². The molecule has 9 nitrogen and oxygen atoms in total. The third-order valence-corrected chi connectivity index (χ3v) is 6.92. The maximum absolute atomic E-state index is 13.3. The highest BCUT2D eigenvalue weighted by Crippen LogP contribution is 2.41. The van der Waals surface area contributed by atoms with Crippen molar-refractivity contribution in [2.75, 3.05) is 13.6 Å². The predicted octanol–water partition coefficient (Wildman–Crippen LogP) is 1.32. The zero-order chi connectivity index (χ0) is 23.4. The van der Waals surface area contributed by atoms with Crippen LogP contribution in [0.25, 0.3) is 17.5 Å². The van der Waals surface area contributed by atoms with Gasteiger partial charge >= 0.3 is 0 Å². The highest BCUT2D eigenvalue weighted by atomic mass is 32.1. The second-order valence-corrected chi connectivity index (χ2v) is 8.68. The van der Waals surface area contributed by atoms with Crippen molar-refractivity contribution in [1.82, 2.24) is 4.57 Å². The Morgan fingerprint density at radius 2 is 1.59 bits per heavy atom. The first-order valence-corrected chi connectivity index (χ1v) is 11.0. The number of fused-ring (bicyclic) bond motifs is 3. The second-order valence-electron chi connectivity index (χ2n) is 7.65.